The van der Waals surface area contributed by atoms with E-state index in [1.807, 2.05) is 18.2 Å². The monoisotopic (exact) mass is 441 g/mol. The van der Waals surface area contributed by atoms with Crippen molar-refractivity contribution < 1.29 is 25.8 Å². The minimum Gasteiger partial charge on any atom is -1.00 e. The smallest absolute Gasteiger partial charge is 0.231 e. The Bertz CT molecular complexity index is 1110. The van der Waals surface area contributed by atoms with Gasteiger partial charge in [-0.3, -0.25) is 9.97 Å². The number of aryl methyl sites for hydroxylation is 1. The van der Waals surface area contributed by atoms with E-state index in [4.69, 9.17) is 0 Å². The lowest BCUT2D eigenvalue weighted by Gasteiger charge is -2.12. The van der Waals surface area contributed by atoms with Crippen LogP contribution in [0.1, 0.15) is 23.4 Å². The summed E-state index contributed by atoms with van der Waals surface area (Å²) < 4.78 is 29.2. The van der Waals surface area contributed by atoms with E-state index < -0.39 is 0 Å². The van der Waals surface area contributed by atoms with Gasteiger partial charge in [0, 0.05) is 6.42 Å². The molecule has 0 aliphatic heterocycles. The fourth-order valence-electron chi connectivity index (χ4n) is 3.90. The van der Waals surface area contributed by atoms with Gasteiger partial charge in [-0.1, -0.05) is 17.4 Å². The average molecular weight is 442 g/mol. The highest BCUT2D eigenvalue weighted by atomic mass is 35.5. The standard InChI is InChI=1S/C23H18F2N3S.ClH/c24-15-8-10-19(26-12-15)17-4-3-5-18(20-11-9-16(25)13-27-20)23(17)28-14-29-22-7-2-1-6-21(22)28;/h3-5,8-14H,1-2,6-7H2;1H/q+1;/p-1. The summed E-state index contributed by atoms with van der Waals surface area (Å²) in [5.74, 6) is -0.737. The molecule has 0 saturated heterocycles. The number of pyridine rings is 2. The van der Waals surface area contributed by atoms with Gasteiger partial charge in [0.05, 0.1) is 39.8 Å². The first kappa shape index (κ1) is 20.6. The number of rotatable bonds is 3. The first-order chi connectivity index (χ1) is 14.2. The molecule has 1 aliphatic rings. The number of hydrogen-bond donors (Lipinski definition) is 0. The van der Waals surface area contributed by atoms with E-state index in [0.717, 1.165) is 36.1 Å². The molecule has 1 aliphatic carbocycles. The lowest BCUT2D eigenvalue weighted by Crippen LogP contribution is -3.00. The van der Waals surface area contributed by atoms with Crippen molar-refractivity contribution in [2.24, 2.45) is 0 Å². The second-order valence-electron chi connectivity index (χ2n) is 7.10. The molecule has 152 valence electrons. The predicted molar refractivity (Wildman–Crippen MR) is 109 cm³/mol. The first-order valence-electron chi connectivity index (χ1n) is 9.59. The zero-order valence-electron chi connectivity index (χ0n) is 16.0. The van der Waals surface area contributed by atoms with Gasteiger partial charge < -0.3 is 12.4 Å². The summed E-state index contributed by atoms with van der Waals surface area (Å²) >= 11 is 1.76. The summed E-state index contributed by atoms with van der Waals surface area (Å²) in [7, 11) is 0. The summed E-state index contributed by atoms with van der Waals surface area (Å²) in [4.78, 5) is 10.0. The number of nitrogens with zero attached hydrogens (tertiary/aromatic N) is 3. The third kappa shape index (κ3) is 3.73. The molecule has 0 unspecified atom stereocenters. The zero-order chi connectivity index (χ0) is 19.8. The van der Waals surface area contributed by atoms with Gasteiger partial charge in [-0.15, -0.1) is 0 Å². The normalized spacial score (nSPS) is 12.9. The second-order valence-corrected chi connectivity index (χ2v) is 8.03. The molecule has 4 aromatic rings. The van der Waals surface area contributed by atoms with E-state index in [1.54, 1.807) is 23.5 Å². The minimum absolute atomic E-state index is 0. The highest BCUT2D eigenvalue weighted by molar-refractivity contribution is 7.09. The van der Waals surface area contributed by atoms with Crippen LogP contribution in [0.15, 0.2) is 60.4 Å². The van der Waals surface area contributed by atoms with Crippen molar-refractivity contribution in [3.05, 3.63) is 82.6 Å². The maximum atomic E-state index is 13.5. The number of benzene rings is 1. The fourth-order valence-corrected chi connectivity index (χ4v) is 4.96. The molecular formula is C23H18ClF2N3S. The van der Waals surface area contributed by atoms with Crippen LogP contribution >= 0.6 is 11.3 Å². The molecule has 30 heavy (non-hydrogen) atoms. The number of para-hydroxylation sites is 1. The molecule has 5 rings (SSSR count). The van der Waals surface area contributed by atoms with E-state index in [-0.39, 0.29) is 24.0 Å². The summed E-state index contributed by atoms with van der Waals surface area (Å²) in [5, 5.41) is 0. The summed E-state index contributed by atoms with van der Waals surface area (Å²) in [6.45, 7) is 0. The second kappa shape index (κ2) is 8.58. The van der Waals surface area contributed by atoms with Crippen molar-refractivity contribution in [1.82, 2.24) is 9.97 Å². The van der Waals surface area contributed by atoms with Crippen LogP contribution in [0.5, 0.6) is 0 Å². The van der Waals surface area contributed by atoms with Gasteiger partial charge in [0.25, 0.3) is 0 Å². The molecule has 0 saturated carbocycles. The number of halogens is 3. The van der Waals surface area contributed by atoms with Gasteiger partial charge in [0.2, 0.25) is 16.9 Å². The molecular weight excluding hydrogens is 424 g/mol. The molecule has 0 amide bonds. The third-order valence-electron chi connectivity index (χ3n) is 5.26. The third-order valence-corrected chi connectivity index (χ3v) is 6.30. The number of hydrogen-bond acceptors (Lipinski definition) is 3. The van der Waals surface area contributed by atoms with E-state index >= 15 is 0 Å². The van der Waals surface area contributed by atoms with Crippen LogP contribution in [0.25, 0.3) is 28.2 Å². The minimum atomic E-state index is -0.368. The highest BCUT2D eigenvalue weighted by Gasteiger charge is 2.30. The lowest BCUT2D eigenvalue weighted by atomic mass is 9.98. The quantitative estimate of drug-likeness (QED) is 0.457. The van der Waals surface area contributed by atoms with Crippen molar-refractivity contribution in [2.45, 2.75) is 25.7 Å². The van der Waals surface area contributed by atoms with Crippen molar-refractivity contribution in [3.63, 3.8) is 0 Å². The summed E-state index contributed by atoms with van der Waals surface area (Å²) in [6, 6.07) is 12.1. The van der Waals surface area contributed by atoms with Crippen LogP contribution < -0.4 is 17.0 Å². The lowest BCUT2D eigenvalue weighted by molar-refractivity contribution is -0.598. The zero-order valence-corrected chi connectivity index (χ0v) is 17.6. The van der Waals surface area contributed by atoms with E-state index in [9.17, 15) is 8.78 Å². The first-order valence-corrected chi connectivity index (χ1v) is 10.5. The highest BCUT2D eigenvalue weighted by Crippen LogP contribution is 2.33. The van der Waals surface area contributed by atoms with E-state index in [0.29, 0.717) is 11.4 Å². The average Bonchev–Trinajstić information content (AvgIpc) is 3.18. The van der Waals surface area contributed by atoms with E-state index in [2.05, 4.69) is 20.0 Å². The van der Waals surface area contributed by atoms with Crippen molar-refractivity contribution in [2.75, 3.05) is 0 Å². The van der Waals surface area contributed by atoms with Crippen molar-refractivity contribution >= 4 is 11.3 Å². The molecule has 0 N–H and O–H groups in total. The molecule has 0 spiro atoms. The Hall–Kier alpha value is -2.70. The summed E-state index contributed by atoms with van der Waals surface area (Å²) in [6.07, 6.45) is 6.94. The molecule has 3 aromatic heterocycles. The number of thiazole rings is 1. The number of fused-ring (bicyclic) bond motifs is 1. The number of aromatic nitrogens is 3. The fraction of sp³-hybridized carbons (Fsp3) is 0.174. The van der Waals surface area contributed by atoms with Crippen molar-refractivity contribution in [1.29, 1.82) is 0 Å². The Morgan fingerprint density at radius 1 is 0.800 bits per heavy atom. The van der Waals surface area contributed by atoms with Crippen LogP contribution in [0.4, 0.5) is 8.78 Å². The SMILES string of the molecule is Fc1ccc(-c2cccc(-c3ccc(F)cn3)c2-[n+]2csc3c2CCCC3)nc1.[Cl-]. The molecule has 0 fully saturated rings. The largest absolute Gasteiger partial charge is 1.00 e. The Kier molecular flexibility index (Phi) is 5.88. The van der Waals surface area contributed by atoms with Gasteiger partial charge in [-0.2, -0.15) is 4.57 Å². The van der Waals surface area contributed by atoms with Crippen LogP contribution in [-0.2, 0) is 12.8 Å². The molecule has 0 radical (unpaired) electrons. The Balaban J connectivity index is 0.00000218. The molecule has 0 bridgehead atoms. The van der Waals surface area contributed by atoms with Gasteiger partial charge in [0.1, 0.15) is 11.6 Å². The van der Waals surface area contributed by atoms with Gasteiger partial charge in [-0.05, 0) is 55.7 Å². The summed E-state index contributed by atoms with van der Waals surface area (Å²) in [5.41, 5.74) is 7.55. The van der Waals surface area contributed by atoms with Crippen molar-refractivity contribution in [3.8, 4) is 28.2 Å². The van der Waals surface area contributed by atoms with Gasteiger partial charge in [0.15, 0.2) is 0 Å². The van der Waals surface area contributed by atoms with E-state index in [1.165, 1.54) is 41.5 Å². The molecule has 0 atom stereocenters. The van der Waals surface area contributed by atoms with Crippen LogP contribution in [-0.4, -0.2) is 9.97 Å². The molecule has 1 aromatic carbocycles. The Morgan fingerprint density at radius 3 is 1.97 bits per heavy atom. The molecule has 7 heteroatoms. The topological polar surface area (TPSA) is 29.7 Å². The maximum absolute atomic E-state index is 13.5. The van der Waals surface area contributed by atoms with Crippen LogP contribution in [0.3, 0.4) is 0 Å². The Morgan fingerprint density at radius 2 is 1.40 bits per heavy atom. The van der Waals surface area contributed by atoms with Crippen LogP contribution in [0.2, 0.25) is 0 Å². The molecule has 3 nitrogen and oxygen atoms in total. The van der Waals surface area contributed by atoms with Gasteiger partial charge >= 0.3 is 0 Å². The van der Waals surface area contributed by atoms with Gasteiger partial charge in [-0.25, -0.2) is 8.78 Å². The Labute approximate surface area is 183 Å². The molecule has 3 heterocycles. The predicted octanol–water partition coefficient (Wildman–Crippen LogP) is 2.31. The van der Waals surface area contributed by atoms with Crippen LogP contribution in [0, 0.1) is 11.6 Å². The maximum Gasteiger partial charge on any atom is 0.231 e.